The van der Waals surface area contributed by atoms with E-state index >= 15 is 0 Å². The van der Waals surface area contributed by atoms with Gasteiger partial charge in [0.15, 0.2) is 0 Å². The molecule has 0 nitrogen and oxygen atoms in total. The number of halogens is 4. The molecule has 0 amide bonds. The topological polar surface area (TPSA) is 0 Å². The van der Waals surface area contributed by atoms with Crippen molar-refractivity contribution in [3.63, 3.8) is 0 Å². The molecule has 0 aliphatic rings. The number of rotatable bonds is 6. The van der Waals surface area contributed by atoms with Crippen LogP contribution in [0.25, 0.3) is 0 Å². The van der Waals surface area contributed by atoms with Gasteiger partial charge in [0, 0.05) is 20.2 Å². The number of benzene rings is 1. The van der Waals surface area contributed by atoms with Crippen LogP contribution in [0.1, 0.15) is 25.8 Å². The molecule has 0 unspecified atom stereocenters. The summed E-state index contributed by atoms with van der Waals surface area (Å²) in [6, 6.07) is 6.15. The van der Waals surface area contributed by atoms with Crippen LogP contribution < -0.4 is 0 Å². The molecule has 0 bridgehead atoms. The first-order valence-corrected chi connectivity index (χ1v) is 9.40. The lowest BCUT2D eigenvalue weighted by Crippen LogP contribution is -2.29. The lowest BCUT2D eigenvalue weighted by Gasteiger charge is -2.32. The van der Waals surface area contributed by atoms with Gasteiger partial charge in [-0.2, -0.15) is 0 Å². The molecular weight excluding hydrogens is 443 g/mol. The SMILES string of the molecule is CC(C)CC(CBr)(CBr)Cc1ccc(Br)cc1Cl. The van der Waals surface area contributed by atoms with Crippen molar-refractivity contribution in [1.29, 1.82) is 0 Å². The Bertz CT molecular complexity index is 387. The first-order chi connectivity index (χ1) is 8.42. The second-order valence-corrected chi connectivity index (χ2v) is 7.72. The molecule has 0 N–H and O–H groups in total. The van der Waals surface area contributed by atoms with E-state index in [2.05, 4.69) is 73.8 Å². The number of hydrogen-bond donors (Lipinski definition) is 0. The molecule has 1 aromatic carbocycles. The maximum Gasteiger partial charge on any atom is 0.0449 e. The average Bonchev–Trinajstić information content (AvgIpc) is 2.31. The maximum absolute atomic E-state index is 6.33. The molecule has 0 aliphatic heterocycles. The highest BCUT2D eigenvalue weighted by atomic mass is 79.9. The van der Waals surface area contributed by atoms with Crippen LogP contribution in [-0.2, 0) is 6.42 Å². The lowest BCUT2D eigenvalue weighted by molar-refractivity contribution is 0.304. The van der Waals surface area contributed by atoms with Gasteiger partial charge in [0.1, 0.15) is 0 Å². The van der Waals surface area contributed by atoms with Gasteiger partial charge in [-0.05, 0) is 41.9 Å². The fraction of sp³-hybridized carbons (Fsp3) is 0.571. The molecule has 0 saturated heterocycles. The first-order valence-electron chi connectivity index (χ1n) is 5.98. The molecule has 18 heavy (non-hydrogen) atoms. The molecule has 0 aromatic heterocycles. The molecule has 102 valence electrons. The van der Waals surface area contributed by atoms with E-state index in [0.29, 0.717) is 5.92 Å². The standard InChI is InChI=1S/C14H18Br3Cl/c1-10(2)6-14(8-15,9-16)7-11-3-4-12(17)5-13(11)18/h3-5,10H,6-9H2,1-2H3. The summed E-state index contributed by atoms with van der Waals surface area (Å²) >= 11 is 17.1. The Hall–Kier alpha value is 0.950. The van der Waals surface area contributed by atoms with Crippen molar-refractivity contribution in [2.75, 3.05) is 10.7 Å². The van der Waals surface area contributed by atoms with Crippen LogP contribution in [0.4, 0.5) is 0 Å². The van der Waals surface area contributed by atoms with Crippen molar-refractivity contribution in [2.24, 2.45) is 11.3 Å². The van der Waals surface area contributed by atoms with Gasteiger partial charge in [0.25, 0.3) is 0 Å². The van der Waals surface area contributed by atoms with Crippen molar-refractivity contribution >= 4 is 59.4 Å². The van der Waals surface area contributed by atoms with Gasteiger partial charge in [0.05, 0.1) is 0 Å². The van der Waals surface area contributed by atoms with Crippen molar-refractivity contribution in [3.8, 4) is 0 Å². The van der Waals surface area contributed by atoms with Crippen LogP contribution in [0.2, 0.25) is 5.02 Å². The molecule has 0 aliphatic carbocycles. The van der Waals surface area contributed by atoms with Crippen LogP contribution in [0.15, 0.2) is 22.7 Å². The lowest BCUT2D eigenvalue weighted by atomic mass is 9.79. The fourth-order valence-electron chi connectivity index (χ4n) is 2.25. The highest BCUT2D eigenvalue weighted by molar-refractivity contribution is 9.10. The summed E-state index contributed by atoms with van der Waals surface area (Å²) < 4.78 is 1.03. The van der Waals surface area contributed by atoms with E-state index in [9.17, 15) is 0 Å². The third-order valence-electron chi connectivity index (χ3n) is 2.99. The van der Waals surface area contributed by atoms with Gasteiger partial charge in [-0.25, -0.2) is 0 Å². The predicted octanol–water partition coefficient (Wildman–Crippen LogP) is 6.47. The van der Waals surface area contributed by atoms with Crippen LogP contribution in [0, 0.1) is 11.3 Å². The Labute approximate surface area is 140 Å². The quantitative estimate of drug-likeness (QED) is 0.426. The van der Waals surface area contributed by atoms with Crippen molar-refractivity contribution in [2.45, 2.75) is 26.7 Å². The zero-order chi connectivity index (χ0) is 13.8. The Morgan fingerprint density at radius 2 is 1.83 bits per heavy atom. The minimum atomic E-state index is 0.228. The van der Waals surface area contributed by atoms with E-state index in [0.717, 1.165) is 26.6 Å². The molecule has 1 aromatic rings. The molecule has 0 atom stereocenters. The summed E-state index contributed by atoms with van der Waals surface area (Å²) in [5.41, 5.74) is 1.45. The molecule has 1 rings (SSSR count). The number of alkyl halides is 2. The highest BCUT2D eigenvalue weighted by Crippen LogP contribution is 2.37. The molecule has 4 heteroatoms. The van der Waals surface area contributed by atoms with Gasteiger partial charge in [-0.15, -0.1) is 0 Å². The van der Waals surface area contributed by atoms with Gasteiger partial charge >= 0.3 is 0 Å². The summed E-state index contributed by atoms with van der Waals surface area (Å²) in [6.07, 6.45) is 2.17. The predicted molar refractivity (Wildman–Crippen MR) is 92.3 cm³/mol. The first kappa shape index (κ1) is 17.0. The number of hydrogen-bond acceptors (Lipinski definition) is 0. The smallest absolute Gasteiger partial charge is 0.0449 e. The van der Waals surface area contributed by atoms with Gasteiger partial charge in [-0.3, -0.25) is 0 Å². The largest absolute Gasteiger partial charge is 0.0922 e. The van der Waals surface area contributed by atoms with E-state index in [1.807, 2.05) is 6.07 Å². The van der Waals surface area contributed by atoms with Gasteiger partial charge < -0.3 is 0 Å². The van der Waals surface area contributed by atoms with Gasteiger partial charge in [-0.1, -0.05) is 79.3 Å². The molecular formula is C14H18Br3Cl. The highest BCUT2D eigenvalue weighted by Gasteiger charge is 2.29. The Balaban J connectivity index is 2.95. The fourth-order valence-corrected chi connectivity index (χ4v) is 4.77. The van der Waals surface area contributed by atoms with Crippen LogP contribution >= 0.6 is 59.4 Å². The van der Waals surface area contributed by atoms with E-state index in [-0.39, 0.29) is 5.41 Å². The van der Waals surface area contributed by atoms with Crippen molar-refractivity contribution in [3.05, 3.63) is 33.3 Å². The van der Waals surface area contributed by atoms with Crippen molar-refractivity contribution in [1.82, 2.24) is 0 Å². The monoisotopic (exact) mass is 458 g/mol. The van der Waals surface area contributed by atoms with E-state index in [1.165, 1.54) is 12.0 Å². The Morgan fingerprint density at radius 3 is 2.28 bits per heavy atom. The van der Waals surface area contributed by atoms with E-state index in [4.69, 9.17) is 11.6 Å². The van der Waals surface area contributed by atoms with Crippen LogP contribution in [-0.4, -0.2) is 10.7 Å². The summed E-state index contributed by atoms with van der Waals surface area (Å²) in [6.45, 7) is 4.53. The summed E-state index contributed by atoms with van der Waals surface area (Å²) in [7, 11) is 0. The molecule has 0 heterocycles. The average molecular weight is 461 g/mol. The van der Waals surface area contributed by atoms with Gasteiger partial charge in [0.2, 0.25) is 0 Å². The summed E-state index contributed by atoms with van der Waals surface area (Å²) in [5, 5.41) is 2.81. The minimum Gasteiger partial charge on any atom is -0.0922 e. The minimum absolute atomic E-state index is 0.228. The summed E-state index contributed by atoms with van der Waals surface area (Å²) in [4.78, 5) is 0. The second kappa shape index (κ2) is 7.66. The molecule has 0 fully saturated rings. The third kappa shape index (κ3) is 4.81. The Kier molecular flexibility index (Phi) is 7.23. The van der Waals surface area contributed by atoms with Crippen LogP contribution in [0.5, 0.6) is 0 Å². The summed E-state index contributed by atoms with van der Waals surface area (Å²) in [5.74, 6) is 0.675. The second-order valence-electron chi connectivity index (χ2n) is 5.28. The van der Waals surface area contributed by atoms with Crippen molar-refractivity contribution < 1.29 is 0 Å². The van der Waals surface area contributed by atoms with E-state index < -0.39 is 0 Å². The molecule has 0 radical (unpaired) electrons. The zero-order valence-corrected chi connectivity index (χ0v) is 16.2. The third-order valence-corrected chi connectivity index (χ3v) is 6.21. The normalized spacial score (nSPS) is 12.2. The Morgan fingerprint density at radius 1 is 1.22 bits per heavy atom. The van der Waals surface area contributed by atoms with Crippen LogP contribution in [0.3, 0.4) is 0 Å². The molecule has 0 saturated carbocycles. The molecule has 0 spiro atoms. The van der Waals surface area contributed by atoms with E-state index in [1.54, 1.807) is 0 Å². The maximum atomic E-state index is 6.33. The zero-order valence-electron chi connectivity index (χ0n) is 10.6.